The molecule has 1 fully saturated rings. The second-order valence-corrected chi connectivity index (χ2v) is 8.00. The van der Waals surface area contributed by atoms with E-state index in [1.54, 1.807) is 14.2 Å². The molecule has 6 nitrogen and oxygen atoms in total. The molecule has 3 rings (SSSR count). The van der Waals surface area contributed by atoms with Gasteiger partial charge in [0.2, 0.25) is 0 Å². The van der Waals surface area contributed by atoms with Crippen molar-refractivity contribution in [2.75, 3.05) is 27.3 Å². The number of urea groups is 1. The van der Waals surface area contributed by atoms with Crippen LogP contribution in [0.2, 0.25) is 0 Å². The molecular weight excluding hydrogens is 378 g/mol. The van der Waals surface area contributed by atoms with Crippen molar-refractivity contribution < 1.29 is 14.3 Å². The number of carbonyl (C=O) groups is 1. The Labute approximate surface area is 179 Å². The fourth-order valence-corrected chi connectivity index (χ4v) is 3.66. The van der Waals surface area contributed by atoms with E-state index < -0.39 is 0 Å². The van der Waals surface area contributed by atoms with Crippen molar-refractivity contribution in [1.29, 1.82) is 0 Å². The normalized spacial score (nSPS) is 14.9. The standard InChI is InChI=1S/C24H33N3O3/c1-18-10-12-27(13-11-18)17-20-6-4-19(5-7-20)15-25-24(28)26-16-21-8-9-22(29-2)23(14-21)30-3/h4-9,14,18H,10-13,15-17H2,1-3H3,(H2,25,26,28). The Morgan fingerprint density at radius 2 is 1.47 bits per heavy atom. The summed E-state index contributed by atoms with van der Waals surface area (Å²) in [4.78, 5) is 14.7. The minimum Gasteiger partial charge on any atom is -0.493 e. The summed E-state index contributed by atoms with van der Waals surface area (Å²) >= 11 is 0. The summed E-state index contributed by atoms with van der Waals surface area (Å²) in [7, 11) is 3.20. The number of piperidine rings is 1. The third-order valence-corrected chi connectivity index (χ3v) is 5.66. The molecule has 0 aliphatic carbocycles. The molecule has 1 aliphatic heterocycles. The molecule has 1 saturated heterocycles. The fourth-order valence-electron chi connectivity index (χ4n) is 3.66. The second-order valence-electron chi connectivity index (χ2n) is 8.00. The van der Waals surface area contributed by atoms with Crippen molar-refractivity contribution in [2.45, 2.75) is 39.4 Å². The fraction of sp³-hybridized carbons (Fsp3) is 0.458. The number of hydrogen-bond donors (Lipinski definition) is 2. The summed E-state index contributed by atoms with van der Waals surface area (Å²) < 4.78 is 10.5. The molecule has 2 amide bonds. The van der Waals surface area contributed by atoms with Gasteiger partial charge in [-0.3, -0.25) is 4.90 Å². The molecule has 162 valence electrons. The van der Waals surface area contributed by atoms with Gasteiger partial charge >= 0.3 is 6.03 Å². The maximum atomic E-state index is 12.1. The van der Waals surface area contributed by atoms with Crippen molar-refractivity contribution in [2.24, 2.45) is 5.92 Å². The maximum Gasteiger partial charge on any atom is 0.315 e. The zero-order valence-corrected chi connectivity index (χ0v) is 18.2. The van der Waals surface area contributed by atoms with Crippen molar-refractivity contribution in [1.82, 2.24) is 15.5 Å². The SMILES string of the molecule is COc1ccc(CNC(=O)NCc2ccc(CN3CCC(C)CC3)cc2)cc1OC. The number of methoxy groups -OCH3 is 2. The van der Waals surface area contributed by atoms with Gasteiger partial charge < -0.3 is 20.1 Å². The first kappa shape index (κ1) is 22.0. The lowest BCUT2D eigenvalue weighted by Crippen LogP contribution is -2.34. The zero-order valence-electron chi connectivity index (χ0n) is 18.2. The van der Waals surface area contributed by atoms with Crippen molar-refractivity contribution in [3.05, 3.63) is 59.2 Å². The number of carbonyl (C=O) groups excluding carboxylic acids is 1. The number of nitrogens with one attached hydrogen (secondary N) is 2. The van der Waals surface area contributed by atoms with E-state index in [9.17, 15) is 4.79 Å². The first-order valence-corrected chi connectivity index (χ1v) is 10.6. The van der Waals surface area contributed by atoms with E-state index in [-0.39, 0.29) is 6.03 Å². The number of amides is 2. The molecule has 0 aromatic heterocycles. The highest BCUT2D eigenvalue weighted by Crippen LogP contribution is 2.27. The molecule has 0 spiro atoms. The summed E-state index contributed by atoms with van der Waals surface area (Å²) in [5.41, 5.74) is 3.36. The Morgan fingerprint density at radius 1 is 0.900 bits per heavy atom. The molecule has 6 heteroatoms. The van der Waals surface area contributed by atoms with Gasteiger partial charge in [0.15, 0.2) is 11.5 Å². The highest BCUT2D eigenvalue weighted by Gasteiger charge is 2.15. The first-order chi connectivity index (χ1) is 14.6. The minimum absolute atomic E-state index is 0.198. The van der Waals surface area contributed by atoms with Crippen LogP contribution in [0.15, 0.2) is 42.5 Å². The predicted octanol–water partition coefficient (Wildman–Crippen LogP) is 3.94. The zero-order chi connectivity index (χ0) is 21.3. The lowest BCUT2D eigenvalue weighted by atomic mass is 9.99. The summed E-state index contributed by atoms with van der Waals surface area (Å²) in [6.45, 7) is 6.63. The molecule has 1 heterocycles. The highest BCUT2D eigenvalue weighted by molar-refractivity contribution is 5.73. The van der Waals surface area contributed by atoms with Crippen LogP contribution in [0.5, 0.6) is 11.5 Å². The molecule has 30 heavy (non-hydrogen) atoms. The Kier molecular flexibility index (Phi) is 7.97. The van der Waals surface area contributed by atoms with Gasteiger partial charge in [0.25, 0.3) is 0 Å². The molecule has 1 aliphatic rings. The number of hydrogen-bond acceptors (Lipinski definition) is 4. The van der Waals surface area contributed by atoms with Crippen LogP contribution >= 0.6 is 0 Å². The quantitative estimate of drug-likeness (QED) is 0.691. The first-order valence-electron chi connectivity index (χ1n) is 10.6. The van der Waals surface area contributed by atoms with Crippen LogP contribution in [0.25, 0.3) is 0 Å². The van der Waals surface area contributed by atoms with E-state index in [4.69, 9.17) is 9.47 Å². The molecule has 0 unspecified atom stereocenters. The van der Waals surface area contributed by atoms with E-state index in [2.05, 4.69) is 46.7 Å². The van der Waals surface area contributed by atoms with Gasteiger partial charge in [-0.1, -0.05) is 37.3 Å². The average Bonchev–Trinajstić information content (AvgIpc) is 2.78. The van der Waals surface area contributed by atoms with Gasteiger partial charge in [0.1, 0.15) is 0 Å². The summed E-state index contributed by atoms with van der Waals surface area (Å²) in [5.74, 6) is 2.17. The molecule has 2 aromatic rings. The van der Waals surface area contributed by atoms with Crippen LogP contribution in [0.3, 0.4) is 0 Å². The predicted molar refractivity (Wildman–Crippen MR) is 119 cm³/mol. The highest BCUT2D eigenvalue weighted by atomic mass is 16.5. The lowest BCUT2D eigenvalue weighted by molar-refractivity contribution is 0.185. The van der Waals surface area contributed by atoms with Crippen LogP contribution in [0.1, 0.15) is 36.5 Å². The van der Waals surface area contributed by atoms with Gasteiger partial charge in [0.05, 0.1) is 14.2 Å². The third-order valence-electron chi connectivity index (χ3n) is 5.66. The van der Waals surface area contributed by atoms with Gasteiger partial charge in [-0.2, -0.15) is 0 Å². The van der Waals surface area contributed by atoms with E-state index in [0.29, 0.717) is 24.6 Å². The van der Waals surface area contributed by atoms with Gasteiger partial charge in [-0.15, -0.1) is 0 Å². The topological polar surface area (TPSA) is 62.8 Å². The molecular formula is C24H33N3O3. The Morgan fingerprint density at radius 3 is 2.10 bits per heavy atom. The Bertz CT molecular complexity index is 815. The Balaban J connectivity index is 1.41. The number of likely N-dealkylation sites (tertiary alicyclic amines) is 1. The molecule has 0 radical (unpaired) electrons. The van der Waals surface area contributed by atoms with Crippen LogP contribution in [-0.2, 0) is 19.6 Å². The van der Waals surface area contributed by atoms with Crippen molar-refractivity contribution in [3.8, 4) is 11.5 Å². The Hall–Kier alpha value is -2.73. The molecule has 2 aromatic carbocycles. The monoisotopic (exact) mass is 411 g/mol. The number of rotatable bonds is 8. The van der Waals surface area contributed by atoms with Crippen LogP contribution < -0.4 is 20.1 Å². The van der Waals surface area contributed by atoms with Crippen molar-refractivity contribution in [3.63, 3.8) is 0 Å². The number of ether oxygens (including phenoxy) is 2. The smallest absolute Gasteiger partial charge is 0.315 e. The van der Waals surface area contributed by atoms with E-state index >= 15 is 0 Å². The molecule has 0 atom stereocenters. The van der Waals surface area contributed by atoms with E-state index in [1.807, 2.05) is 18.2 Å². The summed E-state index contributed by atoms with van der Waals surface area (Å²) in [6.07, 6.45) is 2.58. The second kappa shape index (κ2) is 10.9. The van der Waals surface area contributed by atoms with Crippen LogP contribution in [-0.4, -0.2) is 38.2 Å². The molecule has 0 bridgehead atoms. The minimum atomic E-state index is -0.198. The van der Waals surface area contributed by atoms with Crippen LogP contribution in [0.4, 0.5) is 4.79 Å². The third kappa shape index (κ3) is 6.39. The van der Waals surface area contributed by atoms with Gasteiger partial charge in [-0.25, -0.2) is 4.79 Å². The van der Waals surface area contributed by atoms with Gasteiger partial charge in [0, 0.05) is 19.6 Å². The molecule has 0 saturated carbocycles. The average molecular weight is 412 g/mol. The number of nitrogens with zero attached hydrogens (tertiary/aromatic N) is 1. The summed E-state index contributed by atoms with van der Waals surface area (Å²) in [6, 6.07) is 13.9. The molecule has 2 N–H and O–H groups in total. The van der Waals surface area contributed by atoms with Crippen molar-refractivity contribution >= 4 is 6.03 Å². The van der Waals surface area contributed by atoms with Crippen LogP contribution in [0, 0.1) is 5.92 Å². The largest absolute Gasteiger partial charge is 0.493 e. The summed E-state index contributed by atoms with van der Waals surface area (Å²) in [5, 5.41) is 5.78. The van der Waals surface area contributed by atoms with E-state index in [1.165, 1.54) is 31.5 Å². The van der Waals surface area contributed by atoms with E-state index in [0.717, 1.165) is 23.6 Å². The lowest BCUT2D eigenvalue weighted by Gasteiger charge is -2.30. The van der Waals surface area contributed by atoms with Gasteiger partial charge in [-0.05, 0) is 60.7 Å². The maximum absolute atomic E-state index is 12.1. The number of benzene rings is 2.